The van der Waals surface area contributed by atoms with Gasteiger partial charge < -0.3 is 14.2 Å². The van der Waals surface area contributed by atoms with Gasteiger partial charge in [-0.25, -0.2) is 0 Å². The molecule has 2 heterocycles. The van der Waals surface area contributed by atoms with Crippen LogP contribution in [0.15, 0.2) is 24.3 Å². The Hall–Kier alpha value is -0.640. The van der Waals surface area contributed by atoms with Crippen LogP contribution in [-0.2, 0) is 14.2 Å². The molecule has 0 radical (unpaired) electrons. The number of rotatable bonds is 6. The summed E-state index contributed by atoms with van der Waals surface area (Å²) in [5.74, 6) is 0. The van der Waals surface area contributed by atoms with E-state index in [4.69, 9.17) is 14.2 Å². The van der Waals surface area contributed by atoms with Gasteiger partial charge in [0.2, 0.25) is 0 Å². The number of hydrogen-bond donors (Lipinski definition) is 0. The number of epoxide rings is 2. The highest BCUT2D eigenvalue weighted by Gasteiger charge is 2.38. The third-order valence-corrected chi connectivity index (χ3v) is 2.53. The van der Waals surface area contributed by atoms with Crippen molar-refractivity contribution < 1.29 is 14.2 Å². The number of allylic oxidation sites excluding steroid dienone is 2. The van der Waals surface area contributed by atoms with E-state index in [-0.39, 0.29) is 24.4 Å². The summed E-state index contributed by atoms with van der Waals surface area (Å²) in [5.41, 5.74) is 0. The topological polar surface area (TPSA) is 34.3 Å². The molecule has 0 aromatic heterocycles. The molecule has 2 aliphatic heterocycles. The first-order chi connectivity index (χ1) is 7.35. The van der Waals surface area contributed by atoms with Crippen molar-refractivity contribution in [3.05, 3.63) is 24.3 Å². The summed E-state index contributed by atoms with van der Waals surface area (Å²) >= 11 is 0. The van der Waals surface area contributed by atoms with Gasteiger partial charge in [0.25, 0.3) is 0 Å². The van der Waals surface area contributed by atoms with Gasteiger partial charge in [-0.15, -0.1) is 0 Å². The minimum absolute atomic E-state index is 0.0698. The Morgan fingerprint density at radius 2 is 1.40 bits per heavy atom. The van der Waals surface area contributed by atoms with Gasteiger partial charge in [0, 0.05) is 0 Å². The maximum absolute atomic E-state index is 5.96. The van der Waals surface area contributed by atoms with Crippen LogP contribution < -0.4 is 0 Å². The highest BCUT2D eigenvalue weighted by atomic mass is 16.6. The largest absolute Gasteiger partial charge is 0.370 e. The molecule has 2 fully saturated rings. The average Bonchev–Trinajstić information content (AvgIpc) is 3.05. The summed E-state index contributed by atoms with van der Waals surface area (Å²) in [5, 5.41) is 0. The standard InChI is InChI=1S/C12H18O3/c1-3-5-9(11-7-13-11)15-10(6-4-2)12-8-14-12/h3-6,9-12H,7-8H2,1-2H3. The molecule has 0 saturated carbocycles. The van der Waals surface area contributed by atoms with Gasteiger partial charge >= 0.3 is 0 Å². The van der Waals surface area contributed by atoms with E-state index < -0.39 is 0 Å². The van der Waals surface area contributed by atoms with Crippen molar-refractivity contribution in [1.82, 2.24) is 0 Å². The van der Waals surface area contributed by atoms with E-state index >= 15 is 0 Å². The molecule has 0 bridgehead atoms. The Morgan fingerprint density at radius 1 is 1.00 bits per heavy atom. The lowest BCUT2D eigenvalue weighted by Crippen LogP contribution is -2.27. The molecule has 3 heteroatoms. The first kappa shape index (κ1) is 10.9. The first-order valence-electron chi connectivity index (χ1n) is 5.49. The molecule has 4 unspecified atom stereocenters. The summed E-state index contributed by atoms with van der Waals surface area (Å²) in [6, 6.07) is 0. The Bertz CT molecular complexity index is 226. The minimum atomic E-state index is 0.0698. The highest BCUT2D eigenvalue weighted by molar-refractivity contribution is 5.02. The van der Waals surface area contributed by atoms with Crippen LogP contribution in [0, 0.1) is 0 Å². The quantitative estimate of drug-likeness (QED) is 0.494. The van der Waals surface area contributed by atoms with E-state index in [1.807, 2.05) is 26.0 Å². The van der Waals surface area contributed by atoms with Crippen LogP contribution in [-0.4, -0.2) is 37.6 Å². The van der Waals surface area contributed by atoms with Crippen LogP contribution in [0.3, 0.4) is 0 Å². The molecule has 3 nitrogen and oxygen atoms in total. The average molecular weight is 210 g/mol. The van der Waals surface area contributed by atoms with E-state index in [0.29, 0.717) is 0 Å². The molecular formula is C12H18O3. The fourth-order valence-corrected chi connectivity index (χ4v) is 1.57. The third kappa shape index (κ3) is 3.16. The van der Waals surface area contributed by atoms with Crippen LogP contribution in [0.1, 0.15) is 13.8 Å². The second-order valence-corrected chi connectivity index (χ2v) is 3.86. The van der Waals surface area contributed by atoms with Gasteiger partial charge in [-0.2, -0.15) is 0 Å². The van der Waals surface area contributed by atoms with Gasteiger partial charge in [-0.1, -0.05) is 24.3 Å². The monoisotopic (exact) mass is 210 g/mol. The molecule has 0 amide bonds. The van der Waals surface area contributed by atoms with Crippen molar-refractivity contribution in [3.63, 3.8) is 0 Å². The zero-order valence-electron chi connectivity index (χ0n) is 9.26. The van der Waals surface area contributed by atoms with Gasteiger partial charge in [-0.3, -0.25) is 0 Å². The molecule has 0 aromatic rings. The normalized spacial score (nSPS) is 33.5. The van der Waals surface area contributed by atoms with Crippen LogP contribution >= 0.6 is 0 Å². The molecule has 0 N–H and O–H groups in total. The van der Waals surface area contributed by atoms with Gasteiger partial charge in [0.1, 0.15) is 24.4 Å². The van der Waals surface area contributed by atoms with Crippen LogP contribution in [0.2, 0.25) is 0 Å². The highest BCUT2D eigenvalue weighted by Crippen LogP contribution is 2.25. The lowest BCUT2D eigenvalue weighted by Gasteiger charge is -2.17. The lowest BCUT2D eigenvalue weighted by molar-refractivity contribution is 0.0114. The summed E-state index contributed by atoms with van der Waals surface area (Å²) in [6.45, 7) is 5.61. The zero-order valence-corrected chi connectivity index (χ0v) is 9.26. The van der Waals surface area contributed by atoms with Crippen molar-refractivity contribution in [3.8, 4) is 0 Å². The Morgan fingerprint density at radius 3 is 1.67 bits per heavy atom. The second-order valence-electron chi connectivity index (χ2n) is 3.86. The molecule has 0 aliphatic carbocycles. The van der Waals surface area contributed by atoms with Gasteiger partial charge in [0.05, 0.1) is 13.2 Å². The molecule has 2 aliphatic rings. The summed E-state index contributed by atoms with van der Waals surface area (Å²) in [7, 11) is 0. The minimum Gasteiger partial charge on any atom is -0.370 e. The van der Waals surface area contributed by atoms with Crippen molar-refractivity contribution in [1.29, 1.82) is 0 Å². The van der Waals surface area contributed by atoms with E-state index in [1.165, 1.54) is 0 Å². The van der Waals surface area contributed by atoms with Gasteiger partial charge in [-0.05, 0) is 13.8 Å². The lowest BCUT2D eigenvalue weighted by atomic mass is 10.2. The van der Waals surface area contributed by atoms with Crippen LogP contribution in [0.4, 0.5) is 0 Å². The Balaban J connectivity index is 1.89. The first-order valence-corrected chi connectivity index (χ1v) is 5.49. The molecule has 2 saturated heterocycles. The Kier molecular flexibility index (Phi) is 3.57. The third-order valence-electron chi connectivity index (χ3n) is 2.53. The van der Waals surface area contributed by atoms with Gasteiger partial charge in [0.15, 0.2) is 0 Å². The predicted octanol–water partition coefficient (Wildman–Crippen LogP) is 1.69. The number of hydrogen-bond acceptors (Lipinski definition) is 3. The molecule has 0 spiro atoms. The SMILES string of the molecule is CC=CC(OC(C=CC)C1CO1)C1CO1. The van der Waals surface area contributed by atoms with E-state index in [0.717, 1.165) is 13.2 Å². The maximum Gasteiger partial charge on any atom is 0.111 e. The zero-order chi connectivity index (χ0) is 10.7. The summed E-state index contributed by atoms with van der Waals surface area (Å²) in [6.07, 6.45) is 8.74. The van der Waals surface area contributed by atoms with Crippen LogP contribution in [0.25, 0.3) is 0 Å². The van der Waals surface area contributed by atoms with Crippen molar-refractivity contribution in [2.75, 3.05) is 13.2 Å². The number of ether oxygens (including phenoxy) is 3. The molecule has 2 rings (SSSR count). The molecule has 4 atom stereocenters. The second kappa shape index (κ2) is 4.92. The summed E-state index contributed by atoms with van der Waals surface area (Å²) < 4.78 is 16.5. The smallest absolute Gasteiger partial charge is 0.111 e. The van der Waals surface area contributed by atoms with Crippen LogP contribution in [0.5, 0.6) is 0 Å². The summed E-state index contributed by atoms with van der Waals surface area (Å²) in [4.78, 5) is 0. The van der Waals surface area contributed by atoms with E-state index in [9.17, 15) is 0 Å². The fourth-order valence-electron chi connectivity index (χ4n) is 1.57. The Labute approximate surface area is 90.7 Å². The predicted molar refractivity (Wildman–Crippen MR) is 57.8 cm³/mol. The molecule has 84 valence electrons. The van der Waals surface area contributed by atoms with Crippen molar-refractivity contribution >= 4 is 0 Å². The fraction of sp³-hybridized carbons (Fsp3) is 0.667. The molecular weight excluding hydrogens is 192 g/mol. The van der Waals surface area contributed by atoms with E-state index in [2.05, 4.69) is 12.2 Å². The molecule has 15 heavy (non-hydrogen) atoms. The van der Waals surface area contributed by atoms with Crippen molar-refractivity contribution in [2.45, 2.75) is 38.3 Å². The molecule has 0 aromatic carbocycles. The van der Waals surface area contributed by atoms with E-state index in [1.54, 1.807) is 0 Å². The maximum atomic E-state index is 5.96. The van der Waals surface area contributed by atoms with Crippen molar-refractivity contribution in [2.24, 2.45) is 0 Å².